The smallest absolute Gasteiger partial charge is 0.237 e. The van der Waals surface area contributed by atoms with E-state index in [9.17, 15) is 4.79 Å². The van der Waals surface area contributed by atoms with Gasteiger partial charge < -0.3 is 20.1 Å². The van der Waals surface area contributed by atoms with Gasteiger partial charge in [-0.05, 0) is 30.5 Å². The summed E-state index contributed by atoms with van der Waals surface area (Å²) in [5, 5.41) is 6.13. The molecule has 2 aliphatic heterocycles. The highest BCUT2D eigenvalue weighted by Gasteiger charge is 2.21. The van der Waals surface area contributed by atoms with Crippen molar-refractivity contribution in [3.63, 3.8) is 0 Å². The maximum atomic E-state index is 11.6. The lowest BCUT2D eigenvalue weighted by molar-refractivity contribution is -0.124. The minimum Gasteiger partial charge on any atom is -0.454 e. The minimum absolute atomic E-state index is 0.0795. The number of benzene rings is 1. The molecule has 5 heteroatoms. The van der Waals surface area contributed by atoms with Crippen LogP contribution in [0.1, 0.15) is 18.4 Å². The highest BCUT2D eigenvalue weighted by Crippen LogP contribution is 2.32. The van der Waals surface area contributed by atoms with Gasteiger partial charge in [0.2, 0.25) is 12.7 Å². The van der Waals surface area contributed by atoms with Crippen LogP contribution in [0.5, 0.6) is 11.5 Å². The van der Waals surface area contributed by atoms with Gasteiger partial charge in [-0.1, -0.05) is 6.07 Å². The van der Waals surface area contributed by atoms with E-state index in [1.165, 1.54) is 0 Å². The molecular weight excluding hydrogens is 232 g/mol. The van der Waals surface area contributed by atoms with Gasteiger partial charge in [0.15, 0.2) is 11.5 Å². The summed E-state index contributed by atoms with van der Waals surface area (Å²) in [6.07, 6.45) is 1.93. The van der Waals surface area contributed by atoms with E-state index < -0.39 is 0 Å². The summed E-state index contributed by atoms with van der Waals surface area (Å²) in [4.78, 5) is 11.6. The maximum absolute atomic E-state index is 11.6. The monoisotopic (exact) mass is 248 g/mol. The predicted octanol–water partition coefficient (Wildman–Crippen LogP) is 0.783. The average molecular weight is 248 g/mol. The van der Waals surface area contributed by atoms with E-state index in [0.29, 0.717) is 6.54 Å². The molecule has 0 aliphatic carbocycles. The molecule has 2 aliphatic rings. The van der Waals surface area contributed by atoms with Gasteiger partial charge in [-0.3, -0.25) is 4.79 Å². The first-order chi connectivity index (χ1) is 8.83. The Balaban J connectivity index is 1.61. The van der Waals surface area contributed by atoms with Crippen LogP contribution >= 0.6 is 0 Å². The summed E-state index contributed by atoms with van der Waals surface area (Å²) in [6.45, 7) is 1.74. The Hall–Kier alpha value is -1.75. The van der Waals surface area contributed by atoms with Gasteiger partial charge in [-0.2, -0.15) is 0 Å². The molecule has 0 radical (unpaired) electrons. The summed E-state index contributed by atoms with van der Waals surface area (Å²) in [6, 6.07) is 5.77. The van der Waals surface area contributed by atoms with E-state index in [1.54, 1.807) is 0 Å². The zero-order chi connectivity index (χ0) is 12.4. The second-order valence-electron chi connectivity index (χ2n) is 4.55. The molecule has 1 aromatic rings. The number of rotatable bonds is 3. The normalized spacial score (nSPS) is 21.8. The van der Waals surface area contributed by atoms with Crippen molar-refractivity contribution in [3.8, 4) is 11.5 Å². The Kier molecular flexibility index (Phi) is 3.06. The van der Waals surface area contributed by atoms with Crippen molar-refractivity contribution in [1.82, 2.24) is 10.6 Å². The molecule has 0 bridgehead atoms. The third-order valence-electron chi connectivity index (χ3n) is 3.27. The van der Waals surface area contributed by atoms with Gasteiger partial charge in [0.25, 0.3) is 0 Å². The predicted molar refractivity (Wildman–Crippen MR) is 65.4 cm³/mol. The number of nitrogens with one attached hydrogen (secondary N) is 2. The number of hydrogen-bond donors (Lipinski definition) is 2. The van der Waals surface area contributed by atoms with Crippen LogP contribution in [0.4, 0.5) is 0 Å². The summed E-state index contributed by atoms with van der Waals surface area (Å²) in [5.74, 6) is 1.67. The van der Waals surface area contributed by atoms with Crippen LogP contribution in [0.3, 0.4) is 0 Å². The quantitative estimate of drug-likeness (QED) is 0.830. The van der Waals surface area contributed by atoms with Crippen LogP contribution in [0, 0.1) is 0 Å². The van der Waals surface area contributed by atoms with E-state index >= 15 is 0 Å². The highest BCUT2D eigenvalue weighted by atomic mass is 16.7. The molecule has 2 N–H and O–H groups in total. The first-order valence-corrected chi connectivity index (χ1v) is 6.22. The average Bonchev–Trinajstić information content (AvgIpc) is 2.85. The zero-order valence-corrected chi connectivity index (χ0v) is 10.1. The number of ether oxygens (including phenoxy) is 2. The minimum atomic E-state index is -0.0795. The molecule has 1 unspecified atom stereocenters. The van der Waals surface area contributed by atoms with Crippen molar-refractivity contribution in [3.05, 3.63) is 23.8 Å². The van der Waals surface area contributed by atoms with E-state index in [4.69, 9.17) is 9.47 Å². The first-order valence-electron chi connectivity index (χ1n) is 6.22. The van der Waals surface area contributed by atoms with Gasteiger partial charge in [-0.15, -0.1) is 0 Å². The Morgan fingerprint density at radius 3 is 3.11 bits per heavy atom. The number of piperidine rings is 1. The third kappa shape index (κ3) is 2.26. The van der Waals surface area contributed by atoms with Crippen LogP contribution in [-0.2, 0) is 11.3 Å². The summed E-state index contributed by atoms with van der Waals surface area (Å²) < 4.78 is 10.6. The van der Waals surface area contributed by atoms with Crippen LogP contribution in [-0.4, -0.2) is 25.3 Å². The highest BCUT2D eigenvalue weighted by molar-refractivity contribution is 5.82. The van der Waals surface area contributed by atoms with E-state index in [2.05, 4.69) is 10.6 Å². The van der Waals surface area contributed by atoms with E-state index in [-0.39, 0.29) is 18.7 Å². The van der Waals surface area contributed by atoms with Crippen molar-refractivity contribution in [1.29, 1.82) is 0 Å². The molecule has 1 amide bonds. The number of carbonyl (C=O) groups is 1. The van der Waals surface area contributed by atoms with E-state index in [0.717, 1.165) is 36.4 Å². The molecule has 0 saturated carbocycles. The Morgan fingerprint density at radius 1 is 1.33 bits per heavy atom. The van der Waals surface area contributed by atoms with Gasteiger partial charge in [0.1, 0.15) is 0 Å². The van der Waals surface area contributed by atoms with Crippen molar-refractivity contribution in [2.24, 2.45) is 0 Å². The number of carbonyl (C=O) groups excluding carboxylic acids is 1. The topological polar surface area (TPSA) is 59.6 Å². The van der Waals surface area contributed by atoms with Crippen LogP contribution in [0.15, 0.2) is 18.2 Å². The molecule has 2 heterocycles. The zero-order valence-electron chi connectivity index (χ0n) is 10.1. The molecule has 1 saturated heterocycles. The molecule has 5 nitrogen and oxygen atoms in total. The van der Waals surface area contributed by atoms with Gasteiger partial charge in [-0.25, -0.2) is 0 Å². The number of fused-ring (bicyclic) bond motifs is 1. The molecule has 3 rings (SSSR count). The van der Waals surface area contributed by atoms with Crippen molar-refractivity contribution < 1.29 is 14.3 Å². The van der Waals surface area contributed by atoms with E-state index in [1.807, 2.05) is 18.2 Å². The number of amides is 1. The third-order valence-corrected chi connectivity index (χ3v) is 3.27. The lowest BCUT2D eigenvalue weighted by atomic mass is 10.1. The second kappa shape index (κ2) is 4.86. The summed E-state index contributed by atoms with van der Waals surface area (Å²) in [7, 11) is 0. The van der Waals surface area contributed by atoms with Gasteiger partial charge in [0.05, 0.1) is 6.04 Å². The van der Waals surface area contributed by atoms with Crippen molar-refractivity contribution in [2.75, 3.05) is 13.3 Å². The SMILES string of the molecule is O=C1NCCCC1NCc1ccc2c(c1)OCO2. The van der Waals surface area contributed by atoms with Crippen molar-refractivity contribution >= 4 is 5.91 Å². The Labute approximate surface area is 105 Å². The summed E-state index contributed by atoms with van der Waals surface area (Å²) in [5.41, 5.74) is 1.10. The Bertz CT molecular complexity index is 462. The van der Waals surface area contributed by atoms with Crippen LogP contribution in [0.2, 0.25) is 0 Å². The van der Waals surface area contributed by atoms with Crippen LogP contribution < -0.4 is 20.1 Å². The molecule has 0 aromatic heterocycles. The summed E-state index contributed by atoms with van der Waals surface area (Å²) >= 11 is 0. The molecular formula is C13H16N2O3. The second-order valence-corrected chi connectivity index (χ2v) is 4.55. The standard InChI is InChI=1S/C13H16N2O3/c16-13-10(2-1-5-14-13)15-7-9-3-4-11-12(6-9)18-8-17-11/h3-4,6,10,15H,1-2,5,7-8H2,(H,14,16). The van der Waals surface area contributed by atoms with Gasteiger partial charge in [0, 0.05) is 13.1 Å². The first kappa shape index (κ1) is 11.3. The number of hydrogen-bond acceptors (Lipinski definition) is 4. The lowest BCUT2D eigenvalue weighted by Gasteiger charge is -2.22. The molecule has 96 valence electrons. The fourth-order valence-corrected chi connectivity index (χ4v) is 2.26. The molecule has 1 aromatic carbocycles. The largest absolute Gasteiger partial charge is 0.454 e. The fraction of sp³-hybridized carbons (Fsp3) is 0.462. The molecule has 1 fully saturated rings. The lowest BCUT2D eigenvalue weighted by Crippen LogP contribution is -2.47. The molecule has 18 heavy (non-hydrogen) atoms. The van der Waals surface area contributed by atoms with Crippen molar-refractivity contribution in [2.45, 2.75) is 25.4 Å². The molecule has 1 atom stereocenters. The van der Waals surface area contributed by atoms with Crippen LogP contribution in [0.25, 0.3) is 0 Å². The van der Waals surface area contributed by atoms with Gasteiger partial charge >= 0.3 is 0 Å². The fourth-order valence-electron chi connectivity index (χ4n) is 2.26. The molecule has 0 spiro atoms. The Morgan fingerprint density at radius 2 is 2.22 bits per heavy atom. The maximum Gasteiger partial charge on any atom is 0.237 e.